The topological polar surface area (TPSA) is 92.8 Å². The lowest BCUT2D eigenvalue weighted by Crippen LogP contribution is -2.45. The lowest BCUT2D eigenvalue weighted by atomic mass is 9.98. The lowest BCUT2D eigenvalue weighted by molar-refractivity contribution is -0.151. The van der Waals surface area contributed by atoms with E-state index in [1.165, 1.54) is 11.3 Å². The number of amides is 3. The van der Waals surface area contributed by atoms with Gasteiger partial charge in [0, 0.05) is 10.4 Å². The smallest absolute Gasteiger partial charge is 0.326 e. The van der Waals surface area contributed by atoms with Crippen LogP contribution >= 0.6 is 11.3 Å². The van der Waals surface area contributed by atoms with Gasteiger partial charge in [0.25, 0.3) is 11.8 Å². The first-order valence-electron chi connectivity index (χ1n) is 8.36. The Balaban J connectivity index is 1.51. The summed E-state index contributed by atoms with van der Waals surface area (Å²) >= 11 is 1.51. The molecule has 1 aliphatic heterocycles. The van der Waals surface area contributed by atoms with Crippen molar-refractivity contribution in [1.82, 2.24) is 10.2 Å². The average Bonchev–Trinajstić information content (AvgIpc) is 3.18. The fourth-order valence-corrected chi connectivity index (χ4v) is 3.51. The van der Waals surface area contributed by atoms with Gasteiger partial charge in [-0.05, 0) is 30.0 Å². The summed E-state index contributed by atoms with van der Waals surface area (Å²) in [5, 5.41) is 4.62. The molecule has 1 N–H and O–H groups in total. The molecule has 0 bridgehead atoms. The van der Waals surface area contributed by atoms with Gasteiger partial charge < -0.3 is 10.1 Å². The molecule has 140 valence electrons. The van der Waals surface area contributed by atoms with Gasteiger partial charge >= 0.3 is 5.97 Å². The number of benzene rings is 1. The number of imide groups is 1. The Labute approximate surface area is 159 Å². The molecule has 7 nitrogen and oxygen atoms in total. The number of thiophene rings is 1. The first-order chi connectivity index (χ1) is 13.0. The van der Waals surface area contributed by atoms with Gasteiger partial charge in [-0.3, -0.25) is 24.1 Å². The van der Waals surface area contributed by atoms with Crippen LogP contribution in [0.2, 0.25) is 0 Å². The van der Waals surface area contributed by atoms with E-state index >= 15 is 0 Å². The van der Waals surface area contributed by atoms with Crippen molar-refractivity contribution in [3.8, 4) is 0 Å². The van der Waals surface area contributed by atoms with Crippen molar-refractivity contribution in [1.29, 1.82) is 0 Å². The lowest BCUT2D eigenvalue weighted by Gasteiger charge is -2.25. The molecule has 2 aromatic rings. The summed E-state index contributed by atoms with van der Waals surface area (Å²) in [4.78, 5) is 50.3. The molecule has 1 aromatic heterocycles. The molecular formula is C19H18N2O5S. The SMILES string of the molecule is C[C@H](NC(=O)COC(=O)CN1C(=O)Cc2ccccc2C1=O)c1cccs1. The van der Waals surface area contributed by atoms with E-state index < -0.39 is 36.8 Å². The van der Waals surface area contributed by atoms with E-state index in [-0.39, 0.29) is 12.5 Å². The second-order valence-corrected chi connectivity index (χ2v) is 7.06. The summed E-state index contributed by atoms with van der Waals surface area (Å²) < 4.78 is 4.92. The Morgan fingerprint density at radius 2 is 2.00 bits per heavy atom. The van der Waals surface area contributed by atoms with Gasteiger partial charge in [-0.1, -0.05) is 24.3 Å². The van der Waals surface area contributed by atoms with Crippen molar-refractivity contribution >= 4 is 35.0 Å². The Morgan fingerprint density at radius 3 is 2.74 bits per heavy atom. The van der Waals surface area contributed by atoms with Crippen LogP contribution in [0.25, 0.3) is 0 Å². The van der Waals surface area contributed by atoms with Gasteiger partial charge in [0.2, 0.25) is 5.91 Å². The normalized spacial score (nSPS) is 14.5. The molecule has 1 atom stereocenters. The molecule has 0 spiro atoms. The van der Waals surface area contributed by atoms with Gasteiger partial charge in [0.05, 0.1) is 12.5 Å². The van der Waals surface area contributed by atoms with E-state index in [0.29, 0.717) is 11.1 Å². The minimum absolute atomic E-state index is 0.0496. The maximum absolute atomic E-state index is 12.4. The van der Waals surface area contributed by atoms with Crippen molar-refractivity contribution in [2.45, 2.75) is 19.4 Å². The summed E-state index contributed by atoms with van der Waals surface area (Å²) in [6.45, 7) is 0.842. The summed E-state index contributed by atoms with van der Waals surface area (Å²) in [5.74, 6) is -2.26. The molecule has 0 fully saturated rings. The first-order valence-corrected chi connectivity index (χ1v) is 9.24. The molecule has 0 radical (unpaired) electrons. The number of carbonyl (C=O) groups excluding carboxylic acids is 4. The largest absolute Gasteiger partial charge is 0.454 e. The zero-order valence-electron chi connectivity index (χ0n) is 14.6. The standard InChI is InChI=1S/C19H18N2O5S/c1-12(15-7-4-8-27-15)20-16(22)11-26-18(24)10-21-17(23)9-13-5-2-3-6-14(13)19(21)25/h2-8,12H,9-11H2,1H3,(H,20,22)/t12-/m0/s1. The summed E-state index contributed by atoms with van der Waals surface area (Å²) in [7, 11) is 0. The van der Waals surface area contributed by atoms with Crippen LogP contribution in [0.4, 0.5) is 0 Å². The van der Waals surface area contributed by atoms with Gasteiger partial charge in [-0.15, -0.1) is 11.3 Å². The zero-order valence-corrected chi connectivity index (χ0v) is 15.5. The molecule has 0 saturated heterocycles. The second-order valence-electron chi connectivity index (χ2n) is 6.08. The summed E-state index contributed by atoms with van der Waals surface area (Å²) in [6.07, 6.45) is 0.0496. The van der Waals surface area contributed by atoms with Crippen LogP contribution in [-0.2, 0) is 25.5 Å². The Hall–Kier alpha value is -3.00. The van der Waals surface area contributed by atoms with Gasteiger partial charge in [-0.2, -0.15) is 0 Å². The molecule has 1 aromatic carbocycles. The van der Waals surface area contributed by atoms with E-state index in [1.54, 1.807) is 24.3 Å². The molecule has 0 saturated carbocycles. The third-order valence-electron chi connectivity index (χ3n) is 4.13. The van der Waals surface area contributed by atoms with Gasteiger partial charge in [0.1, 0.15) is 6.54 Å². The van der Waals surface area contributed by atoms with Crippen LogP contribution in [0.1, 0.15) is 33.8 Å². The predicted molar refractivity (Wildman–Crippen MR) is 98.0 cm³/mol. The molecule has 3 rings (SSSR count). The van der Waals surface area contributed by atoms with E-state index in [4.69, 9.17) is 4.74 Å². The minimum Gasteiger partial charge on any atom is -0.454 e. The first kappa shape index (κ1) is 18.8. The van der Waals surface area contributed by atoms with E-state index in [2.05, 4.69) is 5.32 Å². The fourth-order valence-electron chi connectivity index (χ4n) is 2.77. The molecule has 8 heteroatoms. The summed E-state index contributed by atoms with van der Waals surface area (Å²) in [5.41, 5.74) is 1.03. The van der Waals surface area contributed by atoms with Gasteiger partial charge in [-0.25, -0.2) is 0 Å². The maximum atomic E-state index is 12.4. The molecule has 2 heterocycles. The predicted octanol–water partition coefficient (Wildman–Crippen LogP) is 1.69. The fraction of sp³-hybridized carbons (Fsp3) is 0.263. The minimum atomic E-state index is -0.810. The highest BCUT2D eigenvalue weighted by molar-refractivity contribution is 7.10. The highest BCUT2D eigenvalue weighted by Crippen LogP contribution is 2.20. The Bertz CT molecular complexity index is 878. The number of nitrogens with one attached hydrogen (secondary N) is 1. The van der Waals surface area contributed by atoms with Crippen LogP contribution in [0.5, 0.6) is 0 Å². The van der Waals surface area contributed by atoms with Crippen molar-refractivity contribution in [3.05, 3.63) is 57.8 Å². The van der Waals surface area contributed by atoms with Crippen LogP contribution in [0.3, 0.4) is 0 Å². The molecule has 0 unspecified atom stereocenters. The van der Waals surface area contributed by atoms with Crippen molar-refractivity contribution in [2.24, 2.45) is 0 Å². The van der Waals surface area contributed by atoms with Crippen molar-refractivity contribution in [3.63, 3.8) is 0 Å². The van der Waals surface area contributed by atoms with Crippen LogP contribution < -0.4 is 5.32 Å². The quantitative estimate of drug-likeness (QED) is 0.602. The number of carbonyl (C=O) groups is 4. The average molecular weight is 386 g/mol. The van der Waals surface area contributed by atoms with E-state index in [1.807, 2.05) is 24.4 Å². The number of fused-ring (bicyclic) bond motifs is 1. The van der Waals surface area contributed by atoms with E-state index in [9.17, 15) is 19.2 Å². The molecule has 3 amide bonds. The third kappa shape index (κ3) is 4.40. The number of nitrogens with zero attached hydrogens (tertiary/aromatic N) is 1. The molecule has 1 aliphatic rings. The number of hydrogen-bond acceptors (Lipinski definition) is 6. The third-order valence-corrected chi connectivity index (χ3v) is 5.19. The van der Waals surface area contributed by atoms with Gasteiger partial charge in [0.15, 0.2) is 6.61 Å². The monoisotopic (exact) mass is 386 g/mol. The molecule has 0 aliphatic carbocycles. The zero-order chi connectivity index (χ0) is 19.4. The van der Waals surface area contributed by atoms with Crippen LogP contribution in [-0.4, -0.2) is 41.7 Å². The van der Waals surface area contributed by atoms with E-state index in [0.717, 1.165) is 9.78 Å². The number of esters is 1. The number of rotatable bonds is 6. The molecule has 27 heavy (non-hydrogen) atoms. The highest BCUT2D eigenvalue weighted by atomic mass is 32.1. The second kappa shape index (κ2) is 8.13. The van der Waals surface area contributed by atoms with Crippen LogP contribution in [0, 0.1) is 0 Å². The Kier molecular flexibility index (Phi) is 5.66. The van der Waals surface area contributed by atoms with Crippen molar-refractivity contribution < 1.29 is 23.9 Å². The molecular weight excluding hydrogens is 368 g/mol. The van der Waals surface area contributed by atoms with Crippen molar-refractivity contribution in [2.75, 3.05) is 13.2 Å². The highest BCUT2D eigenvalue weighted by Gasteiger charge is 2.32. The van der Waals surface area contributed by atoms with Crippen LogP contribution in [0.15, 0.2) is 41.8 Å². The number of ether oxygens (including phenoxy) is 1. The number of hydrogen-bond donors (Lipinski definition) is 1. The maximum Gasteiger partial charge on any atom is 0.326 e. The Morgan fingerprint density at radius 1 is 1.22 bits per heavy atom. The summed E-state index contributed by atoms with van der Waals surface area (Å²) in [6, 6.07) is 10.3.